The molecule has 4 rings (SSSR count). The second kappa shape index (κ2) is 8.02. The number of H-pyrrole nitrogens is 1. The molecule has 2 N–H and O–H groups in total. The number of aromatic nitrogens is 2. The van der Waals surface area contributed by atoms with Gasteiger partial charge in [-0.15, -0.1) is 0 Å². The molecule has 0 aliphatic carbocycles. The maximum absolute atomic E-state index is 12.6. The summed E-state index contributed by atoms with van der Waals surface area (Å²) in [5, 5.41) is 3.02. The van der Waals surface area contributed by atoms with Crippen LogP contribution in [0.3, 0.4) is 0 Å². The molecule has 2 aromatic carbocycles. The summed E-state index contributed by atoms with van der Waals surface area (Å²) < 4.78 is 5.32. The Morgan fingerprint density at radius 3 is 2.82 bits per heavy atom. The Hall–Kier alpha value is -2.86. The van der Waals surface area contributed by atoms with Gasteiger partial charge in [-0.2, -0.15) is 0 Å². The molecule has 6 heteroatoms. The first kappa shape index (κ1) is 18.5. The first-order valence-electron chi connectivity index (χ1n) is 9.74. The number of methoxy groups -OCH3 is 1. The van der Waals surface area contributed by atoms with E-state index in [0.717, 1.165) is 55.0 Å². The third-order valence-electron chi connectivity index (χ3n) is 5.38. The maximum atomic E-state index is 12.6. The Kier molecular flexibility index (Phi) is 5.30. The summed E-state index contributed by atoms with van der Waals surface area (Å²) in [7, 11) is 1.61. The van der Waals surface area contributed by atoms with E-state index in [0.29, 0.717) is 5.75 Å². The van der Waals surface area contributed by atoms with Gasteiger partial charge < -0.3 is 15.0 Å². The van der Waals surface area contributed by atoms with Crippen LogP contribution in [0.25, 0.3) is 11.0 Å². The van der Waals surface area contributed by atoms with E-state index in [2.05, 4.69) is 45.3 Å². The van der Waals surface area contributed by atoms with E-state index in [4.69, 9.17) is 4.74 Å². The van der Waals surface area contributed by atoms with Crippen molar-refractivity contribution < 1.29 is 9.53 Å². The van der Waals surface area contributed by atoms with Gasteiger partial charge in [0.2, 0.25) is 5.91 Å². The molecule has 1 fully saturated rings. The Bertz CT molecular complexity index is 974. The molecule has 0 atom stereocenters. The van der Waals surface area contributed by atoms with Gasteiger partial charge in [0.1, 0.15) is 11.6 Å². The summed E-state index contributed by atoms with van der Waals surface area (Å²) in [6.45, 7) is 4.65. The Labute approximate surface area is 164 Å². The molecule has 1 aliphatic heterocycles. The molecule has 28 heavy (non-hydrogen) atoms. The van der Waals surface area contributed by atoms with Gasteiger partial charge in [-0.3, -0.25) is 9.69 Å². The number of aromatic amines is 1. The minimum atomic E-state index is 0.0273. The van der Waals surface area contributed by atoms with Crippen LogP contribution in [0, 0.1) is 12.8 Å². The van der Waals surface area contributed by atoms with Crippen LogP contribution < -0.4 is 10.1 Å². The van der Waals surface area contributed by atoms with E-state index in [-0.39, 0.29) is 11.8 Å². The average molecular weight is 378 g/mol. The first-order chi connectivity index (χ1) is 13.6. The number of amides is 1. The summed E-state index contributed by atoms with van der Waals surface area (Å²) in [6.07, 6.45) is 1.70. The van der Waals surface area contributed by atoms with Gasteiger partial charge in [-0.05, 0) is 62.7 Å². The zero-order valence-electron chi connectivity index (χ0n) is 16.4. The number of aryl methyl sites for hydroxylation is 1. The lowest BCUT2D eigenvalue weighted by atomic mass is 9.95. The highest BCUT2D eigenvalue weighted by atomic mass is 16.5. The van der Waals surface area contributed by atoms with E-state index < -0.39 is 0 Å². The highest BCUT2D eigenvalue weighted by molar-refractivity contribution is 5.94. The second-order valence-electron chi connectivity index (χ2n) is 7.44. The van der Waals surface area contributed by atoms with Gasteiger partial charge in [0.15, 0.2) is 0 Å². The smallest absolute Gasteiger partial charge is 0.227 e. The van der Waals surface area contributed by atoms with Gasteiger partial charge in [0, 0.05) is 5.92 Å². The largest absolute Gasteiger partial charge is 0.495 e. The van der Waals surface area contributed by atoms with Crippen molar-refractivity contribution in [1.29, 1.82) is 0 Å². The van der Waals surface area contributed by atoms with E-state index in [1.54, 1.807) is 7.11 Å². The third kappa shape index (κ3) is 4.02. The summed E-state index contributed by atoms with van der Waals surface area (Å²) in [5.41, 5.74) is 4.05. The van der Waals surface area contributed by atoms with E-state index >= 15 is 0 Å². The maximum Gasteiger partial charge on any atom is 0.227 e. The van der Waals surface area contributed by atoms with E-state index in [1.807, 2.05) is 24.3 Å². The molecule has 2 heterocycles. The van der Waals surface area contributed by atoms with Crippen molar-refractivity contribution >= 4 is 22.6 Å². The monoisotopic (exact) mass is 378 g/mol. The molecule has 6 nitrogen and oxygen atoms in total. The Morgan fingerprint density at radius 1 is 1.25 bits per heavy atom. The molecule has 0 radical (unpaired) electrons. The van der Waals surface area contributed by atoms with Crippen molar-refractivity contribution in [3.05, 3.63) is 53.9 Å². The lowest BCUT2D eigenvalue weighted by Crippen LogP contribution is -2.38. The van der Waals surface area contributed by atoms with Crippen LogP contribution in [0.5, 0.6) is 5.75 Å². The average Bonchev–Trinajstić information content (AvgIpc) is 3.10. The van der Waals surface area contributed by atoms with Crippen molar-refractivity contribution in [2.75, 3.05) is 25.5 Å². The predicted molar refractivity (Wildman–Crippen MR) is 110 cm³/mol. The van der Waals surface area contributed by atoms with Gasteiger partial charge in [0.05, 0.1) is 30.4 Å². The number of para-hydroxylation sites is 2. The minimum absolute atomic E-state index is 0.0273. The quantitative estimate of drug-likeness (QED) is 0.710. The molecule has 1 amide bonds. The molecular formula is C22H26N4O2. The molecule has 0 bridgehead atoms. The van der Waals surface area contributed by atoms with Crippen LogP contribution in [0.4, 0.5) is 5.69 Å². The molecule has 146 valence electrons. The number of hydrogen-bond acceptors (Lipinski definition) is 4. The number of fused-ring (bicyclic) bond motifs is 1. The Balaban J connectivity index is 1.33. The van der Waals surface area contributed by atoms with Crippen LogP contribution in [-0.2, 0) is 11.3 Å². The van der Waals surface area contributed by atoms with Gasteiger partial charge in [0.25, 0.3) is 0 Å². The second-order valence-corrected chi connectivity index (χ2v) is 7.44. The van der Waals surface area contributed by atoms with E-state index in [1.165, 1.54) is 5.56 Å². The highest BCUT2D eigenvalue weighted by Crippen LogP contribution is 2.26. The molecule has 0 spiro atoms. The van der Waals surface area contributed by atoms with Crippen molar-refractivity contribution in [3.63, 3.8) is 0 Å². The number of likely N-dealkylation sites (tertiary alicyclic amines) is 1. The highest BCUT2D eigenvalue weighted by Gasteiger charge is 2.26. The van der Waals surface area contributed by atoms with Crippen LogP contribution in [0.2, 0.25) is 0 Å². The van der Waals surface area contributed by atoms with Crippen molar-refractivity contribution in [3.8, 4) is 5.75 Å². The number of rotatable bonds is 5. The summed E-state index contributed by atoms with van der Waals surface area (Å²) >= 11 is 0. The van der Waals surface area contributed by atoms with E-state index in [9.17, 15) is 4.79 Å². The molecular weight excluding hydrogens is 352 g/mol. The lowest BCUT2D eigenvalue weighted by Gasteiger charge is -2.30. The first-order valence-corrected chi connectivity index (χ1v) is 9.74. The SMILES string of the molecule is COc1ccccc1NC(=O)C1CCN(Cc2nc3ccc(C)cc3[nH]2)CC1. The number of ether oxygens (including phenoxy) is 1. The standard InChI is InChI=1S/C22H26N4O2/c1-15-7-8-17-19(13-15)24-21(23-17)14-26-11-9-16(10-12-26)22(27)25-18-5-3-4-6-20(18)28-2/h3-8,13,16H,9-12,14H2,1-2H3,(H,23,24)(H,25,27). The fourth-order valence-electron chi connectivity index (χ4n) is 3.80. The normalized spacial score (nSPS) is 15.6. The van der Waals surface area contributed by atoms with Crippen molar-refractivity contribution in [2.24, 2.45) is 5.92 Å². The molecule has 3 aromatic rings. The molecule has 1 aromatic heterocycles. The number of imidazole rings is 1. The molecule has 0 saturated carbocycles. The van der Waals surface area contributed by atoms with Crippen LogP contribution in [0.15, 0.2) is 42.5 Å². The van der Waals surface area contributed by atoms with Gasteiger partial charge in [-0.25, -0.2) is 4.98 Å². The van der Waals surface area contributed by atoms with Crippen LogP contribution in [0.1, 0.15) is 24.2 Å². The number of benzene rings is 2. The number of carbonyl (C=O) groups excluding carboxylic acids is 1. The van der Waals surface area contributed by atoms with Crippen molar-refractivity contribution in [2.45, 2.75) is 26.3 Å². The number of carbonyl (C=O) groups is 1. The summed E-state index contributed by atoms with van der Waals surface area (Å²) in [6, 6.07) is 13.8. The lowest BCUT2D eigenvalue weighted by molar-refractivity contribution is -0.121. The number of nitrogens with zero attached hydrogens (tertiary/aromatic N) is 2. The van der Waals surface area contributed by atoms with Crippen molar-refractivity contribution in [1.82, 2.24) is 14.9 Å². The third-order valence-corrected chi connectivity index (χ3v) is 5.38. The summed E-state index contributed by atoms with van der Waals surface area (Å²) in [5.74, 6) is 1.77. The van der Waals surface area contributed by atoms with Crippen LogP contribution in [-0.4, -0.2) is 41.0 Å². The summed E-state index contributed by atoms with van der Waals surface area (Å²) in [4.78, 5) is 23.1. The van der Waals surface area contributed by atoms with Crippen LogP contribution >= 0.6 is 0 Å². The topological polar surface area (TPSA) is 70.2 Å². The molecule has 1 aliphatic rings. The van der Waals surface area contributed by atoms with Gasteiger partial charge >= 0.3 is 0 Å². The molecule has 0 unspecified atom stereocenters. The molecule has 1 saturated heterocycles. The predicted octanol–water partition coefficient (Wildman–Crippen LogP) is 3.73. The minimum Gasteiger partial charge on any atom is -0.495 e. The Morgan fingerprint density at radius 2 is 2.04 bits per heavy atom. The van der Waals surface area contributed by atoms with Gasteiger partial charge in [-0.1, -0.05) is 18.2 Å². The number of hydrogen-bond donors (Lipinski definition) is 2. The zero-order valence-corrected chi connectivity index (χ0v) is 16.4. The number of piperidine rings is 1. The number of anilines is 1. The fraction of sp³-hybridized carbons (Fsp3) is 0.364. The zero-order chi connectivity index (χ0) is 19.5. The fourth-order valence-corrected chi connectivity index (χ4v) is 3.80. The number of nitrogens with one attached hydrogen (secondary N) is 2.